The Morgan fingerprint density at radius 3 is 2.55 bits per heavy atom. The molecule has 4 heteroatoms. The predicted octanol–water partition coefficient (Wildman–Crippen LogP) is 5.53. The minimum Gasteiger partial charge on any atom is -0.492 e. The quantitative estimate of drug-likeness (QED) is 0.714. The van der Waals surface area contributed by atoms with Gasteiger partial charge >= 0.3 is 0 Å². The van der Waals surface area contributed by atoms with Crippen LogP contribution in [0.5, 0.6) is 5.75 Å². The van der Waals surface area contributed by atoms with Crippen LogP contribution in [0.1, 0.15) is 18.1 Å². The molecule has 0 heterocycles. The third-order valence-electron chi connectivity index (χ3n) is 2.90. The lowest BCUT2D eigenvalue weighted by atomic mass is 10.2. The van der Waals surface area contributed by atoms with Gasteiger partial charge in [0.2, 0.25) is 0 Å². The lowest BCUT2D eigenvalue weighted by Crippen LogP contribution is -2.03. The van der Waals surface area contributed by atoms with Crippen molar-refractivity contribution in [3.8, 4) is 5.75 Å². The Morgan fingerprint density at radius 1 is 1.05 bits per heavy atom. The molecule has 106 valence electrons. The minimum absolute atomic E-state index is 0.669. The van der Waals surface area contributed by atoms with E-state index in [-0.39, 0.29) is 0 Å². The summed E-state index contributed by atoms with van der Waals surface area (Å²) >= 11 is 7.00. The molecule has 0 aliphatic carbocycles. The smallest absolute Gasteiger partial charge is 0.142 e. The van der Waals surface area contributed by atoms with Crippen LogP contribution < -0.4 is 10.1 Å². The Labute approximate surface area is 136 Å². The van der Waals surface area contributed by atoms with E-state index in [4.69, 9.17) is 4.74 Å². The van der Waals surface area contributed by atoms with Crippen molar-refractivity contribution in [2.24, 2.45) is 0 Å². The van der Waals surface area contributed by atoms with Crippen LogP contribution in [0.4, 0.5) is 5.69 Å². The van der Waals surface area contributed by atoms with E-state index < -0.39 is 0 Å². The highest BCUT2D eigenvalue weighted by molar-refractivity contribution is 9.13. The Bertz CT molecular complexity index is 599. The van der Waals surface area contributed by atoms with Gasteiger partial charge in [-0.15, -0.1) is 0 Å². The normalized spacial score (nSPS) is 10.4. The van der Waals surface area contributed by atoms with Crippen LogP contribution in [0, 0.1) is 6.92 Å². The maximum Gasteiger partial charge on any atom is 0.142 e. The zero-order valence-corrected chi connectivity index (χ0v) is 14.7. The fraction of sp³-hybridized carbons (Fsp3) is 0.250. The van der Waals surface area contributed by atoms with Gasteiger partial charge < -0.3 is 10.1 Å². The first-order valence-electron chi connectivity index (χ1n) is 6.51. The molecule has 1 N–H and O–H groups in total. The summed E-state index contributed by atoms with van der Waals surface area (Å²) in [7, 11) is 0. The highest BCUT2D eigenvalue weighted by Gasteiger charge is 2.04. The first-order chi connectivity index (χ1) is 9.60. The van der Waals surface area contributed by atoms with Crippen molar-refractivity contribution in [2.45, 2.75) is 20.4 Å². The van der Waals surface area contributed by atoms with Crippen LogP contribution in [-0.2, 0) is 6.54 Å². The molecular formula is C16H17Br2NO. The van der Waals surface area contributed by atoms with Gasteiger partial charge in [-0.25, -0.2) is 0 Å². The highest BCUT2D eigenvalue weighted by Crippen LogP contribution is 2.27. The molecule has 2 aromatic rings. The van der Waals surface area contributed by atoms with Gasteiger partial charge in [0.15, 0.2) is 0 Å². The van der Waals surface area contributed by atoms with Crippen LogP contribution >= 0.6 is 31.9 Å². The average molecular weight is 399 g/mol. The summed E-state index contributed by atoms with van der Waals surface area (Å²) in [6, 6.07) is 12.4. The lowest BCUT2D eigenvalue weighted by Gasteiger charge is -2.13. The van der Waals surface area contributed by atoms with E-state index in [1.54, 1.807) is 0 Å². The molecule has 0 unspecified atom stereocenters. The molecule has 0 aromatic heterocycles. The molecule has 0 fully saturated rings. The average Bonchev–Trinajstić information content (AvgIpc) is 2.42. The maximum atomic E-state index is 5.67. The number of nitrogens with one attached hydrogen (secondary N) is 1. The van der Waals surface area contributed by atoms with Crippen molar-refractivity contribution >= 4 is 37.5 Å². The van der Waals surface area contributed by atoms with Crippen molar-refractivity contribution in [1.29, 1.82) is 0 Å². The zero-order chi connectivity index (χ0) is 14.5. The van der Waals surface area contributed by atoms with Crippen LogP contribution in [0.3, 0.4) is 0 Å². The Balaban J connectivity index is 2.11. The summed E-state index contributed by atoms with van der Waals surface area (Å²) in [6.07, 6.45) is 0. The van der Waals surface area contributed by atoms with E-state index in [1.807, 2.05) is 13.0 Å². The molecule has 0 radical (unpaired) electrons. The molecule has 0 amide bonds. The number of ether oxygens (including phenoxy) is 1. The number of halogens is 2. The number of hydrogen-bond donors (Lipinski definition) is 1. The van der Waals surface area contributed by atoms with Gasteiger partial charge in [0.25, 0.3) is 0 Å². The van der Waals surface area contributed by atoms with Gasteiger partial charge in [0, 0.05) is 15.5 Å². The second kappa shape index (κ2) is 7.14. The van der Waals surface area contributed by atoms with Crippen molar-refractivity contribution < 1.29 is 4.74 Å². The Kier molecular flexibility index (Phi) is 5.49. The van der Waals surface area contributed by atoms with Gasteiger partial charge in [-0.3, -0.25) is 0 Å². The minimum atomic E-state index is 0.669. The largest absolute Gasteiger partial charge is 0.492 e. The van der Waals surface area contributed by atoms with Crippen molar-refractivity contribution in [3.63, 3.8) is 0 Å². The number of hydrogen-bond acceptors (Lipinski definition) is 2. The first-order valence-corrected chi connectivity index (χ1v) is 8.10. The van der Waals surface area contributed by atoms with Crippen molar-refractivity contribution in [3.05, 3.63) is 56.5 Å². The third-order valence-corrected chi connectivity index (χ3v) is 4.78. The molecule has 2 nitrogen and oxygen atoms in total. The van der Waals surface area contributed by atoms with Crippen molar-refractivity contribution in [2.75, 3.05) is 11.9 Å². The van der Waals surface area contributed by atoms with E-state index in [1.165, 1.54) is 11.1 Å². The SMILES string of the molecule is CCOc1cc(C)ccc1NCc1ccc(Br)c(Br)c1. The summed E-state index contributed by atoms with van der Waals surface area (Å²) in [4.78, 5) is 0. The molecule has 2 aromatic carbocycles. The topological polar surface area (TPSA) is 21.3 Å². The Morgan fingerprint density at radius 2 is 1.85 bits per heavy atom. The van der Waals surface area contributed by atoms with Gasteiger partial charge in [-0.2, -0.15) is 0 Å². The van der Waals surface area contributed by atoms with Gasteiger partial charge in [-0.05, 0) is 81.1 Å². The molecule has 20 heavy (non-hydrogen) atoms. The molecule has 0 aliphatic heterocycles. The monoisotopic (exact) mass is 397 g/mol. The molecule has 0 aliphatic rings. The Hall–Kier alpha value is -1.000. The maximum absolute atomic E-state index is 5.67. The summed E-state index contributed by atoms with van der Waals surface area (Å²) in [5.74, 6) is 0.906. The highest BCUT2D eigenvalue weighted by atomic mass is 79.9. The van der Waals surface area contributed by atoms with Crippen LogP contribution in [0.25, 0.3) is 0 Å². The summed E-state index contributed by atoms with van der Waals surface area (Å²) in [5, 5.41) is 3.43. The molecule has 0 atom stereocenters. The third kappa shape index (κ3) is 4.00. The molecule has 0 spiro atoms. The molecule has 0 saturated heterocycles. The zero-order valence-electron chi connectivity index (χ0n) is 11.5. The number of benzene rings is 2. The lowest BCUT2D eigenvalue weighted by molar-refractivity contribution is 0.341. The molecule has 0 bridgehead atoms. The number of aryl methyl sites for hydroxylation is 1. The summed E-state index contributed by atoms with van der Waals surface area (Å²) in [5.41, 5.74) is 3.44. The van der Waals surface area contributed by atoms with E-state index in [9.17, 15) is 0 Å². The van der Waals surface area contributed by atoms with E-state index in [0.29, 0.717) is 6.61 Å². The second-order valence-electron chi connectivity index (χ2n) is 4.53. The number of anilines is 1. The van der Waals surface area contributed by atoms with E-state index >= 15 is 0 Å². The van der Waals surface area contributed by atoms with E-state index in [0.717, 1.165) is 26.9 Å². The number of rotatable bonds is 5. The second-order valence-corrected chi connectivity index (χ2v) is 6.24. The van der Waals surface area contributed by atoms with Crippen molar-refractivity contribution in [1.82, 2.24) is 0 Å². The van der Waals surface area contributed by atoms with Gasteiger partial charge in [-0.1, -0.05) is 12.1 Å². The van der Waals surface area contributed by atoms with Gasteiger partial charge in [0.05, 0.1) is 12.3 Å². The predicted molar refractivity (Wildman–Crippen MR) is 91.5 cm³/mol. The fourth-order valence-corrected chi connectivity index (χ4v) is 2.57. The first kappa shape index (κ1) is 15.4. The van der Waals surface area contributed by atoms with Gasteiger partial charge in [0.1, 0.15) is 5.75 Å². The fourth-order valence-electron chi connectivity index (χ4n) is 1.90. The summed E-state index contributed by atoms with van der Waals surface area (Å²) < 4.78 is 7.79. The summed E-state index contributed by atoms with van der Waals surface area (Å²) in [6.45, 7) is 5.49. The van der Waals surface area contributed by atoms with E-state index in [2.05, 4.69) is 74.4 Å². The van der Waals surface area contributed by atoms with Crippen LogP contribution in [-0.4, -0.2) is 6.61 Å². The molecule has 0 saturated carbocycles. The van der Waals surface area contributed by atoms with Crippen LogP contribution in [0.2, 0.25) is 0 Å². The molecular weight excluding hydrogens is 382 g/mol. The van der Waals surface area contributed by atoms with Crippen LogP contribution in [0.15, 0.2) is 45.3 Å². The standard InChI is InChI=1S/C16H17Br2NO/c1-3-20-16-8-11(2)4-7-15(16)19-10-12-5-6-13(17)14(18)9-12/h4-9,19H,3,10H2,1-2H3. The molecule has 2 rings (SSSR count).